The number of hydrogen-bond acceptors (Lipinski definition) is 4. The SMILES string of the molecule is Cc1ccc2c(c1)C(c1ccccc1)=NCC(CNC(=O)c1ccoc1)N2C. The van der Waals surface area contributed by atoms with Crippen molar-refractivity contribution < 1.29 is 9.21 Å². The number of carbonyl (C=O) groups excluding carboxylic acids is 1. The number of anilines is 1. The van der Waals surface area contributed by atoms with Gasteiger partial charge in [0.1, 0.15) is 6.26 Å². The number of fused-ring (bicyclic) bond motifs is 1. The fourth-order valence-corrected chi connectivity index (χ4v) is 3.50. The molecule has 1 aliphatic heterocycles. The summed E-state index contributed by atoms with van der Waals surface area (Å²) in [5.41, 5.74) is 6.06. The summed E-state index contributed by atoms with van der Waals surface area (Å²) in [6.45, 7) is 3.19. The summed E-state index contributed by atoms with van der Waals surface area (Å²) in [4.78, 5) is 19.5. The van der Waals surface area contributed by atoms with Gasteiger partial charge in [0.15, 0.2) is 0 Å². The third kappa shape index (κ3) is 3.56. The van der Waals surface area contributed by atoms with Crippen LogP contribution in [-0.4, -0.2) is 37.8 Å². The Morgan fingerprint density at radius 3 is 2.79 bits per heavy atom. The van der Waals surface area contributed by atoms with Gasteiger partial charge in [-0.3, -0.25) is 9.79 Å². The van der Waals surface area contributed by atoms with Crippen LogP contribution in [-0.2, 0) is 0 Å². The first-order valence-corrected chi connectivity index (χ1v) is 9.37. The number of carbonyl (C=O) groups is 1. The Morgan fingerprint density at radius 1 is 1.21 bits per heavy atom. The topological polar surface area (TPSA) is 57.8 Å². The van der Waals surface area contributed by atoms with Crippen molar-refractivity contribution >= 4 is 17.3 Å². The van der Waals surface area contributed by atoms with Crippen LogP contribution in [0.25, 0.3) is 0 Å². The Morgan fingerprint density at radius 2 is 2.04 bits per heavy atom. The summed E-state index contributed by atoms with van der Waals surface area (Å²) in [5.74, 6) is -0.136. The third-order valence-electron chi connectivity index (χ3n) is 5.12. The van der Waals surface area contributed by atoms with Crippen LogP contribution in [0.4, 0.5) is 5.69 Å². The van der Waals surface area contributed by atoms with Crippen LogP contribution < -0.4 is 10.2 Å². The van der Waals surface area contributed by atoms with Crippen molar-refractivity contribution in [2.45, 2.75) is 13.0 Å². The molecule has 0 spiro atoms. The molecule has 3 aromatic rings. The van der Waals surface area contributed by atoms with Gasteiger partial charge in [0.25, 0.3) is 5.91 Å². The van der Waals surface area contributed by atoms with Gasteiger partial charge in [0.2, 0.25) is 0 Å². The maximum atomic E-state index is 12.3. The van der Waals surface area contributed by atoms with E-state index in [-0.39, 0.29) is 11.9 Å². The number of aliphatic imine (C=N–C) groups is 1. The Hall–Kier alpha value is -3.34. The minimum absolute atomic E-state index is 0.0542. The van der Waals surface area contributed by atoms with Crippen molar-refractivity contribution in [3.8, 4) is 0 Å². The van der Waals surface area contributed by atoms with Crippen molar-refractivity contribution in [2.24, 2.45) is 4.99 Å². The van der Waals surface area contributed by atoms with Crippen LogP contribution in [0.15, 0.2) is 76.5 Å². The maximum absolute atomic E-state index is 12.3. The van der Waals surface area contributed by atoms with Crippen molar-refractivity contribution in [1.82, 2.24) is 5.32 Å². The molecule has 5 nitrogen and oxygen atoms in total. The lowest BCUT2D eigenvalue weighted by Crippen LogP contribution is -2.43. The molecule has 0 saturated carbocycles. The third-order valence-corrected chi connectivity index (χ3v) is 5.12. The number of benzene rings is 2. The molecule has 0 radical (unpaired) electrons. The molecule has 1 unspecified atom stereocenters. The van der Waals surface area contributed by atoms with Crippen LogP contribution in [0.3, 0.4) is 0 Å². The summed E-state index contributed by atoms with van der Waals surface area (Å²) >= 11 is 0. The fraction of sp³-hybridized carbons (Fsp3) is 0.217. The Kier molecular flexibility index (Phi) is 4.98. The molecule has 2 aromatic carbocycles. The summed E-state index contributed by atoms with van der Waals surface area (Å²) in [6.07, 6.45) is 2.96. The van der Waals surface area contributed by atoms with Crippen LogP contribution in [0.1, 0.15) is 27.0 Å². The number of amides is 1. The molecule has 2 heterocycles. The van der Waals surface area contributed by atoms with E-state index in [1.165, 1.54) is 18.1 Å². The van der Waals surface area contributed by atoms with Crippen LogP contribution >= 0.6 is 0 Å². The highest BCUT2D eigenvalue weighted by atomic mass is 16.3. The molecule has 0 saturated heterocycles. The summed E-state index contributed by atoms with van der Waals surface area (Å²) in [5, 5.41) is 3.00. The molecule has 1 N–H and O–H groups in total. The molecule has 142 valence electrons. The first-order chi connectivity index (χ1) is 13.6. The lowest BCUT2D eigenvalue weighted by Gasteiger charge is -2.29. The van der Waals surface area contributed by atoms with Gasteiger partial charge in [-0.1, -0.05) is 42.0 Å². The van der Waals surface area contributed by atoms with Gasteiger partial charge in [0.05, 0.1) is 30.1 Å². The monoisotopic (exact) mass is 373 g/mol. The molecule has 4 rings (SSSR count). The quantitative estimate of drug-likeness (QED) is 0.759. The van der Waals surface area contributed by atoms with Crippen molar-refractivity contribution in [2.75, 3.05) is 25.0 Å². The number of furan rings is 1. The second-order valence-corrected chi connectivity index (χ2v) is 7.06. The first-order valence-electron chi connectivity index (χ1n) is 9.37. The zero-order chi connectivity index (χ0) is 19.5. The van der Waals surface area contributed by atoms with E-state index in [0.29, 0.717) is 18.7 Å². The largest absolute Gasteiger partial charge is 0.472 e. The lowest BCUT2D eigenvalue weighted by molar-refractivity contribution is 0.0951. The minimum atomic E-state index is -0.136. The van der Waals surface area contributed by atoms with Crippen LogP contribution in [0, 0.1) is 6.92 Å². The van der Waals surface area contributed by atoms with Crippen molar-refractivity contribution in [1.29, 1.82) is 0 Å². The second kappa shape index (κ2) is 7.72. The Balaban J connectivity index is 1.64. The maximum Gasteiger partial charge on any atom is 0.254 e. The highest BCUT2D eigenvalue weighted by Gasteiger charge is 2.25. The lowest BCUT2D eigenvalue weighted by atomic mass is 9.98. The van der Waals surface area contributed by atoms with Gasteiger partial charge in [-0.2, -0.15) is 0 Å². The first kappa shape index (κ1) is 18.0. The predicted octanol–water partition coefficient (Wildman–Crippen LogP) is 3.67. The predicted molar refractivity (Wildman–Crippen MR) is 111 cm³/mol. The average molecular weight is 373 g/mol. The molecule has 0 aliphatic carbocycles. The van der Waals surface area contributed by atoms with E-state index in [0.717, 1.165) is 22.5 Å². The van der Waals surface area contributed by atoms with E-state index >= 15 is 0 Å². The number of hydrogen-bond donors (Lipinski definition) is 1. The molecule has 1 aromatic heterocycles. The summed E-state index contributed by atoms with van der Waals surface area (Å²) in [7, 11) is 2.06. The number of benzodiazepines with no additional fused rings is 1. The van der Waals surface area contributed by atoms with E-state index < -0.39 is 0 Å². The van der Waals surface area contributed by atoms with Gasteiger partial charge in [-0.15, -0.1) is 0 Å². The minimum Gasteiger partial charge on any atom is -0.472 e. The zero-order valence-corrected chi connectivity index (χ0v) is 16.1. The highest BCUT2D eigenvalue weighted by molar-refractivity contribution is 6.16. The Labute approximate surface area is 164 Å². The van der Waals surface area contributed by atoms with E-state index in [4.69, 9.17) is 9.41 Å². The number of nitrogens with one attached hydrogen (secondary N) is 1. The second-order valence-electron chi connectivity index (χ2n) is 7.06. The van der Waals surface area contributed by atoms with Crippen LogP contribution in [0.5, 0.6) is 0 Å². The van der Waals surface area contributed by atoms with E-state index in [1.807, 2.05) is 18.2 Å². The smallest absolute Gasteiger partial charge is 0.254 e. The van der Waals surface area contributed by atoms with Crippen molar-refractivity contribution in [3.63, 3.8) is 0 Å². The Bertz CT molecular complexity index is 994. The molecular weight excluding hydrogens is 350 g/mol. The molecule has 1 amide bonds. The molecule has 1 atom stereocenters. The molecule has 0 bridgehead atoms. The molecule has 0 fully saturated rings. The van der Waals surface area contributed by atoms with E-state index in [2.05, 4.69) is 54.5 Å². The van der Waals surface area contributed by atoms with Crippen LogP contribution in [0.2, 0.25) is 0 Å². The van der Waals surface area contributed by atoms with Gasteiger partial charge >= 0.3 is 0 Å². The normalized spacial score (nSPS) is 16.1. The van der Waals surface area contributed by atoms with E-state index in [1.54, 1.807) is 6.07 Å². The number of aryl methyl sites for hydroxylation is 1. The van der Waals surface area contributed by atoms with Gasteiger partial charge in [-0.25, -0.2) is 0 Å². The number of likely N-dealkylation sites (N-methyl/N-ethyl adjacent to an activating group) is 1. The summed E-state index contributed by atoms with van der Waals surface area (Å²) in [6, 6.07) is 18.4. The molecule has 28 heavy (non-hydrogen) atoms. The van der Waals surface area contributed by atoms with Gasteiger partial charge in [-0.05, 0) is 25.1 Å². The zero-order valence-electron chi connectivity index (χ0n) is 16.1. The van der Waals surface area contributed by atoms with E-state index in [9.17, 15) is 4.79 Å². The highest BCUT2D eigenvalue weighted by Crippen LogP contribution is 2.28. The van der Waals surface area contributed by atoms with Crippen molar-refractivity contribution in [3.05, 3.63) is 89.4 Å². The number of nitrogens with zero attached hydrogens (tertiary/aromatic N) is 2. The molecule has 1 aliphatic rings. The number of rotatable bonds is 4. The summed E-state index contributed by atoms with van der Waals surface area (Å²) < 4.78 is 5.00. The average Bonchev–Trinajstić information content (AvgIpc) is 3.21. The van der Waals surface area contributed by atoms with Gasteiger partial charge in [0, 0.05) is 30.4 Å². The molecular formula is C23H23N3O2. The standard InChI is InChI=1S/C23H23N3O2/c1-16-8-9-21-20(12-16)22(17-6-4-3-5-7-17)24-13-19(26(21)2)14-25-23(27)18-10-11-28-15-18/h3-12,15,19H,13-14H2,1-2H3,(H,25,27). The van der Waals surface area contributed by atoms with Gasteiger partial charge < -0.3 is 14.6 Å². The molecule has 5 heteroatoms. The fourth-order valence-electron chi connectivity index (χ4n) is 3.50.